The van der Waals surface area contributed by atoms with Gasteiger partial charge in [-0.25, -0.2) is 8.42 Å². The Bertz CT molecular complexity index is 965. The maximum Gasteiger partial charge on any atom is 0.270 e. The summed E-state index contributed by atoms with van der Waals surface area (Å²) in [5.74, 6) is 0. The molecule has 2 aromatic carbocycles. The number of carbonyl (C=O) groups excluding carboxylic acids is 1. The zero-order valence-corrected chi connectivity index (χ0v) is 16.0. The quantitative estimate of drug-likeness (QED) is 0.423. The average Bonchev–Trinajstić information content (AvgIpc) is 2.52. The number of benzene rings is 2. The molecule has 138 valence electrons. The SMILES string of the molecule is Cc1cc(C)c(N(CC(=O)Cl)S(=O)(=O)c2cccc([N+](=O)[O-])c2)c(C)c1. The number of hydrogen-bond acceptors (Lipinski definition) is 5. The van der Waals surface area contributed by atoms with E-state index in [0.29, 0.717) is 16.8 Å². The normalized spacial score (nSPS) is 11.2. The number of carbonyl (C=O) groups is 1. The van der Waals surface area contributed by atoms with E-state index in [0.717, 1.165) is 15.9 Å². The molecule has 2 aromatic rings. The molecule has 0 heterocycles. The van der Waals surface area contributed by atoms with E-state index in [1.807, 2.05) is 6.92 Å². The summed E-state index contributed by atoms with van der Waals surface area (Å²) in [7, 11) is -4.24. The molecule has 0 N–H and O–H groups in total. The van der Waals surface area contributed by atoms with Gasteiger partial charge in [0.05, 0.1) is 15.5 Å². The summed E-state index contributed by atoms with van der Waals surface area (Å²) in [5, 5.41) is 10.1. The third kappa shape index (κ3) is 4.03. The van der Waals surface area contributed by atoms with Crippen molar-refractivity contribution in [3.8, 4) is 0 Å². The summed E-state index contributed by atoms with van der Waals surface area (Å²) < 4.78 is 27.1. The van der Waals surface area contributed by atoms with Gasteiger partial charge in [-0.05, 0) is 49.6 Å². The van der Waals surface area contributed by atoms with Crippen LogP contribution in [0.25, 0.3) is 0 Å². The van der Waals surface area contributed by atoms with E-state index in [4.69, 9.17) is 11.6 Å². The molecule has 0 spiro atoms. The highest BCUT2D eigenvalue weighted by Crippen LogP contribution is 2.32. The highest BCUT2D eigenvalue weighted by molar-refractivity contribution is 7.92. The van der Waals surface area contributed by atoms with Crippen molar-refractivity contribution in [2.45, 2.75) is 25.7 Å². The smallest absolute Gasteiger partial charge is 0.270 e. The maximum absolute atomic E-state index is 13.1. The Kier molecular flexibility index (Phi) is 5.68. The second-order valence-electron chi connectivity index (χ2n) is 5.87. The van der Waals surface area contributed by atoms with Gasteiger partial charge >= 0.3 is 0 Å². The fourth-order valence-corrected chi connectivity index (χ4v) is 4.63. The van der Waals surface area contributed by atoms with Gasteiger partial charge in [0.25, 0.3) is 15.7 Å². The first-order chi connectivity index (χ1) is 12.0. The molecule has 7 nitrogen and oxygen atoms in total. The highest BCUT2D eigenvalue weighted by atomic mass is 35.5. The Morgan fingerprint density at radius 3 is 2.23 bits per heavy atom. The summed E-state index contributed by atoms with van der Waals surface area (Å²) in [6, 6.07) is 8.25. The average molecular weight is 397 g/mol. The number of nitro benzene ring substituents is 1. The standard InChI is InChI=1S/C17H17ClN2O5S/c1-11-7-12(2)17(13(3)8-11)19(10-16(18)21)26(24,25)15-6-4-5-14(9-15)20(22)23/h4-9H,10H2,1-3H3. The summed E-state index contributed by atoms with van der Waals surface area (Å²) in [6.45, 7) is 4.74. The van der Waals surface area contributed by atoms with E-state index in [2.05, 4.69) is 0 Å². The van der Waals surface area contributed by atoms with Gasteiger partial charge < -0.3 is 0 Å². The third-order valence-corrected chi connectivity index (χ3v) is 5.63. The lowest BCUT2D eigenvalue weighted by Gasteiger charge is -2.26. The van der Waals surface area contributed by atoms with E-state index < -0.39 is 26.7 Å². The second-order valence-corrected chi connectivity index (χ2v) is 8.15. The van der Waals surface area contributed by atoms with Gasteiger partial charge in [-0.1, -0.05) is 23.8 Å². The number of nitrogens with zero attached hydrogens (tertiary/aromatic N) is 2. The van der Waals surface area contributed by atoms with Crippen molar-refractivity contribution >= 4 is 38.2 Å². The monoisotopic (exact) mass is 396 g/mol. The van der Waals surface area contributed by atoms with Crippen molar-refractivity contribution in [1.29, 1.82) is 0 Å². The maximum atomic E-state index is 13.1. The number of anilines is 1. The van der Waals surface area contributed by atoms with Crippen LogP contribution in [0.1, 0.15) is 16.7 Å². The van der Waals surface area contributed by atoms with Gasteiger partial charge in [0, 0.05) is 12.1 Å². The molecule has 0 aromatic heterocycles. The molecular formula is C17H17ClN2O5S. The van der Waals surface area contributed by atoms with Crippen molar-refractivity contribution < 1.29 is 18.1 Å². The first kappa shape index (κ1) is 19.9. The first-order valence-electron chi connectivity index (χ1n) is 7.57. The Labute approximate surface area is 156 Å². The van der Waals surface area contributed by atoms with E-state index >= 15 is 0 Å². The summed E-state index contributed by atoms with van der Waals surface area (Å²) >= 11 is 5.48. The highest BCUT2D eigenvalue weighted by Gasteiger charge is 2.30. The van der Waals surface area contributed by atoms with Gasteiger partial charge in [0.2, 0.25) is 5.24 Å². The lowest BCUT2D eigenvalue weighted by Crippen LogP contribution is -2.35. The molecule has 0 amide bonds. The predicted molar refractivity (Wildman–Crippen MR) is 99.1 cm³/mol. The van der Waals surface area contributed by atoms with Gasteiger partial charge in [0.1, 0.15) is 6.54 Å². The number of sulfonamides is 1. The predicted octanol–water partition coefficient (Wildman–Crippen LogP) is 3.48. The van der Waals surface area contributed by atoms with Crippen LogP contribution in [0.2, 0.25) is 0 Å². The molecule has 0 saturated carbocycles. The lowest BCUT2D eigenvalue weighted by molar-refractivity contribution is -0.385. The lowest BCUT2D eigenvalue weighted by atomic mass is 10.1. The van der Waals surface area contributed by atoms with Crippen LogP contribution in [0.15, 0.2) is 41.3 Å². The summed E-state index contributed by atoms with van der Waals surface area (Å²) in [5.41, 5.74) is 2.20. The number of aryl methyl sites for hydroxylation is 3. The van der Waals surface area contributed by atoms with Gasteiger partial charge in [-0.2, -0.15) is 0 Å². The van der Waals surface area contributed by atoms with Gasteiger partial charge in [-0.3, -0.25) is 19.2 Å². The largest absolute Gasteiger partial charge is 0.279 e. The van der Waals surface area contributed by atoms with Crippen LogP contribution in [-0.4, -0.2) is 25.1 Å². The first-order valence-corrected chi connectivity index (χ1v) is 9.39. The Morgan fingerprint density at radius 1 is 1.15 bits per heavy atom. The van der Waals surface area contributed by atoms with Crippen molar-refractivity contribution in [3.05, 3.63) is 63.2 Å². The zero-order valence-electron chi connectivity index (χ0n) is 14.4. The molecule has 0 radical (unpaired) electrons. The zero-order chi connectivity index (χ0) is 19.6. The molecule has 26 heavy (non-hydrogen) atoms. The van der Waals surface area contributed by atoms with Crippen molar-refractivity contribution in [2.75, 3.05) is 10.8 Å². The molecule has 0 unspecified atom stereocenters. The number of rotatable bonds is 6. The van der Waals surface area contributed by atoms with E-state index in [1.54, 1.807) is 26.0 Å². The molecule has 0 aliphatic carbocycles. The van der Waals surface area contributed by atoms with Gasteiger partial charge in [0.15, 0.2) is 0 Å². The number of hydrogen-bond donors (Lipinski definition) is 0. The fourth-order valence-electron chi connectivity index (χ4n) is 2.85. The summed E-state index contributed by atoms with van der Waals surface area (Å²) in [6.07, 6.45) is 0. The molecule has 0 atom stereocenters. The van der Waals surface area contributed by atoms with Crippen molar-refractivity contribution in [2.24, 2.45) is 0 Å². The third-order valence-electron chi connectivity index (χ3n) is 3.77. The van der Waals surface area contributed by atoms with Crippen molar-refractivity contribution in [1.82, 2.24) is 0 Å². The van der Waals surface area contributed by atoms with Crippen molar-refractivity contribution in [3.63, 3.8) is 0 Å². The van der Waals surface area contributed by atoms with Crippen LogP contribution >= 0.6 is 11.6 Å². The molecule has 0 fully saturated rings. The number of nitro groups is 1. The molecule has 9 heteroatoms. The van der Waals surface area contributed by atoms with Crippen LogP contribution in [0, 0.1) is 30.9 Å². The van der Waals surface area contributed by atoms with E-state index in [9.17, 15) is 23.3 Å². The van der Waals surface area contributed by atoms with Gasteiger partial charge in [-0.15, -0.1) is 0 Å². The second kappa shape index (κ2) is 7.43. The van der Waals surface area contributed by atoms with E-state index in [1.165, 1.54) is 18.2 Å². The minimum absolute atomic E-state index is 0.288. The van der Waals surface area contributed by atoms with Crippen LogP contribution in [0.3, 0.4) is 0 Å². The Hall–Kier alpha value is -2.45. The molecular weight excluding hydrogens is 380 g/mol. The molecule has 0 aliphatic heterocycles. The van der Waals surface area contributed by atoms with Crippen LogP contribution in [0.5, 0.6) is 0 Å². The molecule has 0 bridgehead atoms. The fraction of sp³-hybridized carbons (Fsp3) is 0.235. The minimum atomic E-state index is -4.24. The minimum Gasteiger partial charge on any atom is -0.279 e. The molecule has 2 rings (SSSR count). The number of halogens is 1. The molecule has 0 aliphatic rings. The topological polar surface area (TPSA) is 97.6 Å². The Balaban J connectivity index is 2.69. The Morgan fingerprint density at radius 2 is 1.73 bits per heavy atom. The number of non-ortho nitro benzene ring substituents is 1. The van der Waals surface area contributed by atoms with Crippen LogP contribution in [-0.2, 0) is 14.8 Å². The van der Waals surface area contributed by atoms with E-state index in [-0.39, 0.29) is 10.6 Å². The molecule has 0 saturated heterocycles. The van der Waals surface area contributed by atoms with Crippen LogP contribution < -0.4 is 4.31 Å². The van der Waals surface area contributed by atoms with Crippen LogP contribution in [0.4, 0.5) is 11.4 Å². The summed E-state index contributed by atoms with van der Waals surface area (Å²) in [4.78, 5) is 21.5.